The fraction of sp³-hybridized carbons (Fsp3) is 0.267. The number of carbonyl (C=O) groups is 2. The van der Waals surface area contributed by atoms with Gasteiger partial charge in [-0.1, -0.05) is 74.0 Å². The summed E-state index contributed by atoms with van der Waals surface area (Å²) in [5.74, 6) is 0.641. The largest absolute Gasteiger partial charge is 0.489 e. The minimum Gasteiger partial charge on any atom is -0.489 e. The number of hydrogen-bond donors (Lipinski definition) is 1. The third-order valence-corrected chi connectivity index (χ3v) is 7.29. The lowest BCUT2D eigenvalue weighted by Gasteiger charge is -2.36. The van der Waals surface area contributed by atoms with E-state index in [0.717, 1.165) is 51.9 Å². The highest BCUT2D eigenvalue weighted by atomic mass is 16.5. The smallest absolute Gasteiger partial charge is 0.328 e. The van der Waals surface area contributed by atoms with Crippen LogP contribution >= 0.6 is 0 Å². The number of ether oxygens (including phenoxy) is 1. The average molecular weight is 480 g/mol. The van der Waals surface area contributed by atoms with Crippen molar-refractivity contribution in [3.05, 3.63) is 101 Å². The number of benzene rings is 3. The third-order valence-electron chi connectivity index (χ3n) is 7.29. The first kappa shape index (κ1) is 22.4. The topological polar surface area (TPSA) is 65.6 Å². The second kappa shape index (κ2) is 9.19. The number of unbranched alkanes of at least 4 members (excludes halogenated alkanes) is 1. The molecule has 3 aromatic carbocycles. The lowest BCUT2D eigenvalue weighted by molar-refractivity contribution is -0.128. The van der Waals surface area contributed by atoms with Crippen LogP contribution in [0.5, 0.6) is 5.75 Å². The predicted octanol–water partition coefficient (Wildman–Crippen LogP) is 5.83. The standard InChI is InChI=1S/C30H29N3O3/c1-2-3-16-32-29(34)26-18-24-23-14-7-8-15-25(23)31-27(24)28(33(26)30(32)35)21-12-9-13-22(17-21)36-19-20-10-5-4-6-11-20/h4-15,17,26,28,31H,2-3,16,18-19H2,1H3/t26-,28+/m0/s1. The summed E-state index contributed by atoms with van der Waals surface area (Å²) in [6, 6.07) is 25.0. The maximum atomic E-state index is 13.6. The SMILES string of the molecule is CCCCN1C(=O)[C@@H]2Cc3c([nH]c4ccccc34)[C@@H](c3cccc(OCc4ccccc4)c3)N2C1=O. The van der Waals surface area contributed by atoms with E-state index in [1.54, 1.807) is 4.90 Å². The zero-order valence-electron chi connectivity index (χ0n) is 20.3. The number of carbonyl (C=O) groups excluding carboxylic acids is 2. The van der Waals surface area contributed by atoms with Crippen molar-refractivity contribution < 1.29 is 14.3 Å². The van der Waals surface area contributed by atoms with Crippen molar-refractivity contribution in [1.29, 1.82) is 0 Å². The number of hydrogen-bond acceptors (Lipinski definition) is 3. The van der Waals surface area contributed by atoms with Crippen molar-refractivity contribution in [2.45, 2.75) is 44.9 Å². The summed E-state index contributed by atoms with van der Waals surface area (Å²) in [5.41, 5.74) is 5.13. The summed E-state index contributed by atoms with van der Waals surface area (Å²) in [4.78, 5) is 33.9. The van der Waals surface area contributed by atoms with Gasteiger partial charge in [-0.15, -0.1) is 0 Å². The molecule has 0 aliphatic carbocycles. The molecule has 1 N–H and O–H groups in total. The number of nitrogens with one attached hydrogen (secondary N) is 1. The van der Waals surface area contributed by atoms with E-state index in [1.807, 2.05) is 72.8 Å². The zero-order chi connectivity index (χ0) is 24.6. The quantitative estimate of drug-likeness (QED) is 0.340. The van der Waals surface area contributed by atoms with Gasteiger partial charge in [0.15, 0.2) is 0 Å². The second-order valence-corrected chi connectivity index (χ2v) is 9.57. The normalized spacial score (nSPS) is 19.0. The summed E-state index contributed by atoms with van der Waals surface area (Å²) in [5, 5.41) is 1.11. The molecule has 2 aliphatic heterocycles. The Kier molecular flexibility index (Phi) is 5.72. The zero-order valence-corrected chi connectivity index (χ0v) is 20.3. The minimum atomic E-state index is -0.500. The van der Waals surface area contributed by atoms with Crippen LogP contribution in [0, 0.1) is 0 Å². The molecule has 0 spiro atoms. The van der Waals surface area contributed by atoms with E-state index in [2.05, 4.69) is 18.0 Å². The van der Waals surface area contributed by atoms with Gasteiger partial charge in [-0.3, -0.25) is 14.6 Å². The van der Waals surface area contributed by atoms with E-state index >= 15 is 0 Å². The van der Waals surface area contributed by atoms with Gasteiger partial charge in [0.05, 0.1) is 0 Å². The summed E-state index contributed by atoms with van der Waals surface area (Å²) >= 11 is 0. The van der Waals surface area contributed by atoms with Gasteiger partial charge in [0.1, 0.15) is 24.4 Å². The van der Waals surface area contributed by atoms with Crippen LogP contribution in [0.4, 0.5) is 4.79 Å². The lowest BCUT2D eigenvalue weighted by Crippen LogP contribution is -2.44. The molecule has 4 aromatic rings. The number of aromatic amines is 1. The predicted molar refractivity (Wildman–Crippen MR) is 139 cm³/mol. The average Bonchev–Trinajstić information content (AvgIpc) is 3.40. The van der Waals surface area contributed by atoms with E-state index in [-0.39, 0.29) is 11.9 Å². The van der Waals surface area contributed by atoms with E-state index in [9.17, 15) is 9.59 Å². The molecule has 1 fully saturated rings. The summed E-state index contributed by atoms with van der Waals surface area (Å²) in [6.07, 6.45) is 2.25. The van der Waals surface area contributed by atoms with Crippen LogP contribution < -0.4 is 4.74 Å². The van der Waals surface area contributed by atoms with Gasteiger partial charge in [0.2, 0.25) is 0 Å². The van der Waals surface area contributed by atoms with Crippen LogP contribution in [0.2, 0.25) is 0 Å². The van der Waals surface area contributed by atoms with Crippen molar-refractivity contribution in [2.75, 3.05) is 6.54 Å². The van der Waals surface area contributed by atoms with Crippen molar-refractivity contribution in [2.24, 2.45) is 0 Å². The maximum absolute atomic E-state index is 13.6. The van der Waals surface area contributed by atoms with Gasteiger partial charge in [-0.25, -0.2) is 4.79 Å². The monoisotopic (exact) mass is 479 g/mol. The molecule has 36 heavy (non-hydrogen) atoms. The van der Waals surface area contributed by atoms with E-state index < -0.39 is 12.1 Å². The Morgan fingerprint density at radius 3 is 2.61 bits per heavy atom. The molecule has 3 heterocycles. The Hall–Kier alpha value is -4.06. The van der Waals surface area contributed by atoms with Crippen LogP contribution in [-0.4, -0.2) is 39.3 Å². The number of urea groups is 1. The van der Waals surface area contributed by atoms with Crippen LogP contribution in [0.15, 0.2) is 78.9 Å². The Balaban J connectivity index is 1.41. The van der Waals surface area contributed by atoms with Crippen LogP contribution in [0.1, 0.15) is 48.2 Å². The molecule has 2 atom stereocenters. The first-order valence-corrected chi connectivity index (χ1v) is 12.7. The van der Waals surface area contributed by atoms with Crippen LogP contribution in [0.25, 0.3) is 10.9 Å². The molecular weight excluding hydrogens is 450 g/mol. The first-order valence-electron chi connectivity index (χ1n) is 12.7. The second-order valence-electron chi connectivity index (χ2n) is 9.57. The third kappa shape index (κ3) is 3.73. The van der Waals surface area contributed by atoms with Crippen molar-refractivity contribution in [3.8, 4) is 5.75 Å². The van der Waals surface area contributed by atoms with Crippen LogP contribution in [0.3, 0.4) is 0 Å². The molecule has 0 bridgehead atoms. The lowest BCUT2D eigenvalue weighted by atomic mass is 9.89. The van der Waals surface area contributed by atoms with Crippen molar-refractivity contribution >= 4 is 22.8 Å². The molecular formula is C30H29N3O3. The van der Waals surface area contributed by atoms with Crippen molar-refractivity contribution in [1.82, 2.24) is 14.8 Å². The highest BCUT2D eigenvalue weighted by Crippen LogP contribution is 2.44. The molecule has 2 aliphatic rings. The van der Waals surface area contributed by atoms with E-state index in [1.165, 1.54) is 4.90 Å². The molecule has 0 saturated carbocycles. The Morgan fingerprint density at radius 1 is 0.972 bits per heavy atom. The fourth-order valence-electron chi connectivity index (χ4n) is 5.51. The Bertz CT molecular complexity index is 1430. The minimum absolute atomic E-state index is 0.0918. The highest BCUT2D eigenvalue weighted by Gasteiger charge is 2.52. The molecule has 3 amide bonds. The number of imide groups is 1. The number of amides is 3. The van der Waals surface area contributed by atoms with Gasteiger partial charge >= 0.3 is 6.03 Å². The van der Waals surface area contributed by atoms with E-state index in [4.69, 9.17) is 4.74 Å². The number of fused-ring (bicyclic) bond motifs is 4. The summed E-state index contributed by atoms with van der Waals surface area (Å²) in [6.45, 7) is 2.99. The maximum Gasteiger partial charge on any atom is 0.328 e. The number of nitrogens with zero attached hydrogens (tertiary/aromatic N) is 2. The Morgan fingerprint density at radius 2 is 1.78 bits per heavy atom. The molecule has 6 heteroatoms. The number of para-hydroxylation sites is 1. The first-order chi connectivity index (χ1) is 17.7. The van der Waals surface area contributed by atoms with Gasteiger partial charge in [-0.2, -0.15) is 0 Å². The number of H-pyrrole nitrogens is 1. The van der Waals surface area contributed by atoms with Gasteiger partial charge < -0.3 is 9.72 Å². The highest BCUT2D eigenvalue weighted by molar-refractivity contribution is 6.05. The molecule has 1 saturated heterocycles. The van der Waals surface area contributed by atoms with Crippen molar-refractivity contribution in [3.63, 3.8) is 0 Å². The molecule has 6 nitrogen and oxygen atoms in total. The number of aromatic nitrogens is 1. The number of rotatable bonds is 7. The van der Waals surface area contributed by atoms with Crippen LogP contribution in [-0.2, 0) is 17.8 Å². The fourth-order valence-corrected chi connectivity index (χ4v) is 5.51. The molecule has 182 valence electrons. The Labute approximate surface area is 210 Å². The molecule has 0 unspecified atom stereocenters. The molecule has 0 radical (unpaired) electrons. The van der Waals surface area contributed by atoms with Gasteiger partial charge in [-0.05, 0) is 41.3 Å². The molecule has 1 aromatic heterocycles. The van der Waals surface area contributed by atoms with E-state index in [0.29, 0.717) is 19.6 Å². The van der Waals surface area contributed by atoms with Gasteiger partial charge in [0.25, 0.3) is 5.91 Å². The molecule has 6 rings (SSSR count). The summed E-state index contributed by atoms with van der Waals surface area (Å²) in [7, 11) is 0. The van der Waals surface area contributed by atoms with Gasteiger partial charge in [0, 0.05) is 29.6 Å². The summed E-state index contributed by atoms with van der Waals surface area (Å²) < 4.78 is 6.11.